The van der Waals surface area contributed by atoms with Crippen molar-refractivity contribution in [2.75, 3.05) is 0 Å². The second-order valence-electron chi connectivity index (χ2n) is 15.9. The van der Waals surface area contributed by atoms with Crippen molar-refractivity contribution >= 4 is 76.3 Å². The van der Waals surface area contributed by atoms with E-state index in [1.54, 1.807) is 0 Å². The highest BCUT2D eigenvalue weighted by Gasteiger charge is 2.38. The summed E-state index contributed by atoms with van der Waals surface area (Å²) in [6, 6.07) is 49.1. The van der Waals surface area contributed by atoms with Crippen molar-refractivity contribution in [3.63, 3.8) is 0 Å². The lowest BCUT2D eigenvalue weighted by Gasteiger charge is -2.42. The fourth-order valence-corrected chi connectivity index (χ4v) is 9.54. The van der Waals surface area contributed by atoms with Crippen LogP contribution >= 0.6 is 0 Å². The third-order valence-corrected chi connectivity index (χ3v) is 12.1. The monoisotopic (exact) mass is 658 g/mol. The van der Waals surface area contributed by atoms with Crippen molar-refractivity contribution in [3.8, 4) is 11.4 Å². The third kappa shape index (κ3) is 3.79. The molecule has 0 spiro atoms. The zero-order chi connectivity index (χ0) is 34.2. The summed E-state index contributed by atoms with van der Waals surface area (Å²) in [5.41, 5.74) is 12.2. The molecule has 0 saturated carbocycles. The molecule has 51 heavy (non-hydrogen) atoms. The molecule has 3 nitrogen and oxygen atoms in total. The minimum Gasteiger partial charge on any atom is -0.456 e. The highest BCUT2D eigenvalue weighted by atomic mass is 16.3. The van der Waals surface area contributed by atoms with Gasteiger partial charge in [0.1, 0.15) is 11.2 Å². The summed E-state index contributed by atoms with van der Waals surface area (Å²) in [5.74, 6) is 0. The van der Waals surface area contributed by atoms with E-state index in [1.165, 1.54) is 84.0 Å². The molecule has 0 amide bonds. The molecule has 1 aliphatic rings. The van der Waals surface area contributed by atoms with Crippen LogP contribution in [0.1, 0.15) is 51.7 Å². The van der Waals surface area contributed by atoms with Gasteiger partial charge in [0, 0.05) is 32.6 Å². The highest BCUT2D eigenvalue weighted by Crippen LogP contribution is 2.52. The van der Waals surface area contributed by atoms with Gasteiger partial charge in [-0.05, 0) is 94.1 Å². The number of para-hydroxylation sites is 3. The lowest BCUT2D eigenvalue weighted by atomic mass is 9.63. The SMILES string of the molecule is CC1(C)CCC(C)(C)c2cc3c(cc21)c1c2ccccc2c2c4ccccc4n(-c4cccc5oc6ccccc6c45)c2c1n3-c1ccccc1. The van der Waals surface area contributed by atoms with Crippen LogP contribution in [0.2, 0.25) is 0 Å². The van der Waals surface area contributed by atoms with E-state index < -0.39 is 0 Å². The number of benzene rings is 7. The van der Waals surface area contributed by atoms with Gasteiger partial charge in [0.15, 0.2) is 0 Å². The Labute approximate surface area is 296 Å². The maximum absolute atomic E-state index is 6.49. The largest absolute Gasteiger partial charge is 0.456 e. The van der Waals surface area contributed by atoms with Crippen LogP contribution in [0.15, 0.2) is 138 Å². The summed E-state index contributed by atoms with van der Waals surface area (Å²) in [7, 11) is 0. The first-order valence-electron chi connectivity index (χ1n) is 18.2. The molecule has 246 valence electrons. The van der Waals surface area contributed by atoms with E-state index in [2.05, 4.69) is 170 Å². The number of nitrogens with zero attached hydrogens (tertiary/aromatic N) is 2. The van der Waals surface area contributed by atoms with E-state index in [9.17, 15) is 0 Å². The Morgan fingerprint density at radius 2 is 1.02 bits per heavy atom. The highest BCUT2D eigenvalue weighted by molar-refractivity contribution is 6.36. The fourth-order valence-electron chi connectivity index (χ4n) is 9.54. The van der Waals surface area contributed by atoms with Crippen molar-refractivity contribution in [1.82, 2.24) is 9.13 Å². The van der Waals surface area contributed by atoms with Crippen LogP contribution in [-0.4, -0.2) is 9.13 Å². The Hall–Kier alpha value is -5.80. The number of hydrogen-bond acceptors (Lipinski definition) is 1. The summed E-state index contributed by atoms with van der Waals surface area (Å²) in [6.45, 7) is 9.74. The van der Waals surface area contributed by atoms with Crippen molar-refractivity contribution in [2.24, 2.45) is 0 Å². The summed E-state index contributed by atoms with van der Waals surface area (Å²) < 4.78 is 11.6. The van der Waals surface area contributed by atoms with Crippen molar-refractivity contribution < 1.29 is 4.42 Å². The Bertz CT molecular complexity index is 3080. The Kier molecular flexibility index (Phi) is 5.64. The van der Waals surface area contributed by atoms with Gasteiger partial charge < -0.3 is 13.6 Å². The summed E-state index contributed by atoms with van der Waals surface area (Å²) in [4.78, 5) is 0. The second kappa shape index (κ2) is 9.92. The first kappa shape index (κ1) is 29.0. The van der Waals surface area contributed by atoms with Crippen LogP contribution in [-0.2, 0) is 10.8 Å². The fraction of sp³-hybridized carbons (Fsp3) is 0.167. The van der Waals surface area contributed by atoms with Crippen LogP contribution in [0.3, 0.4) is 0 Å². The van der Waals surface area contributed by atoms with E-state index >= 15 is 0 Å². The van der Waals surface area contributed by atoms with Crippen LogP contribution < -0.4 is 0 Å². The van der Waals surface area contributed by atoms with Gasteiger partial charge in [0.05, 0.1) is 33.1 Å². The zero-order valence-electron chi connectivity index (χ0n) is 29.4. The Morgan fingerprint density at radius 1 is 0.451 bits per heavy atom. The summed E-state index contributed by atoms with van der Waals surface area (Å²) in [6.07, 6.45) is 2.35. The molecule has 0 radical (unpaired) electrons. The second-order valence-corrected chi connectivity index (χ2v) is 15.9. The standard InChI is InChI=1S/C48H38N2O/c1-47(2)25-26-48(3,4)36-28-39-34(27-35(36)47)43-31-18-9-8-17-30(31)42-32-19-10-12-21-37(32)50(46(42)45(43)49(39)29-15-6-5-7-16-29)38-22-14-24-41-44(38)33-20-11-13-23-40(33)51-41/h5-24,27-28H,25-26H2,1-4H3. The zero-order valence-corrected chi connectivity index (χ0v) is 29.4. The number of hydrogen-bond donors (Lipinski definition) is 0. The lowest BCUT2D eigenvalue weighted by Crippen LogP contribution is -2.33. The lowest BCUT2D eigenvalue weighted by molar-refractivity contribution is 0.332. The molecule has 3 aromatic heterocycles. The quantitative estimate of drug-likeness (QED) is 0.181. The predicted molar refractivity (Wildman–Crippen MR) is 215 cm³/mol. The number of furan rings is 1. The third-order valence-electron chi connectivity index (χ3n) is 12.1. The maximum atomic E-state index is 6.49. The average Bonchev–Trinajstić information content (AvgIpc) is 3.81. The van der Waals surface area contributed by atoms with Crippen molar-refractivity contribution in [2.45, 2.75) is 51.4 Å². The number of fused-ring (bicyclic) bond motifs is 14. The molecular weight excluding hydrogens is 621 g/mol. The number of aromatic nitrogens is 2. The molecule has 7 aromatic carbocycles. The molecule has 10 aromatic rings. The minimum absolute atomic E-state index is 0.0846. The first-order valence-corrected chi connectivity index (χ1v) is 18.2. The van der Waals surface area contributed by atoms with E-state index in [0.29, 0.717) is 0 Å². The summed E-state index contributed by atoms with van der Waals surface area (Å²) in [5, 5.41) is 10.0. The molecule has 0 saturated heterocycles. The van der Waals surface area contributed by atoms with Crippen molar-refractivity contribution in [3.05, 3.63) is 145 Å². The van der Waals surface area contributed by atoms with Gasteiger partial charge >= 0.3 is 0 Å². The minimum atomic E-state index is 0.0846. The van der Waals surface area contributed by atoms with Gasteiger partial charge in [-0.1, -0.05) is 113 Å². The molecule has 0 bridgehead atoms. The Balaban J connectivity index is 1.46. The molecule has 0 N–H and O–H groups in total. The van der Waals surface area contributed by atoms with Crippen LogP contribution in [0.4, 0.5) is 0 Å². The molecule has 0 atom stereocenters. The van der Waals surface area contributed by atoms with Gasteiger partial charge in [-0.25, -0.2) is 0 Å². The molecule has 0 aliphatic heterocycles. The molecule has 3 heterocycles. The van der Waals surface area contributed by atoms with Gasteiger partial charge in [-0.3, -0.25) is 0 Å². The molecule has 1 aliphatic carbocycles. The van der Waals surface area contributed by atoms with Gasteiger partial charge in [-0.15, -0.1) is 0 Å². The van der Waals surface area contributed by atoms with Gasteiger partial charge in [0.25, 0.3) is 0 Å². The average molecular weight is 659 g/mol. The van der Waals surface area contributed by atoms with Crippen LogP contribution in [0.25, 0.3) is 87.7 Å². The van der Waals surface area contributed by atoms with Gasteiger partial charge in [0.2, 0.25) is 0 Å². The van der Waals surface area contributed by atoms with Crippen LogP contribution in [0, 0.1) is 0 Å². The Morgan fingerprint density at radius 3 is 1.76 bits per heavy atom. The van der Waals surface area contributed by atoms with E-state index in [-0.39, 0.29) is 10.8 Å². The van der Waals surface area contributed by atoms with Crippen LogP contribution in [0.5, 0.6) is 0 Å². The van der Waals surface area contributed by atoms with E-state index in [0.717, 1.165) is 27.6 Å². The normalized spacial score (nSPS) is 15.6. The van der Waals surface area contributed by atoms with E-state index in [4.69, 9.17) is 4.42 Å². The predicted octanol–water partition coefficient (Wildman–Crippen LogP) is 13.3. The van der Waals surface area contributed by atoms with Crippen molar-refractivity contribution in [1.29, 1.82) is 0 Å². The number of rotatable bonds is 2. The molecule has 3 heteroatoms. The first-order chi connectivity index (χ1) is 24.8. The maximum Gasteiger partial charge on any atom is 0.137 e. The topological polar surface area (TPSA) is 23.0 Å². The molecule has 0 fully saturated rings. The summed E-state index contributed by atoms with van der Waals surface area (Å²) >= 11 is 0. The molecule has 0 unspecified atom stereocenters. The molecule has 11 rings (SSSR count). The van der Waals surface area contributed by atoms with Gasteiger partial charge in [-0.2, -0.15) is 0 Å². The molecular formula is C48H38N2O. The smallest absolute Gasteiger partial charge is 0.137 e. The van der Waals surface area contributed by atoms with E-state index in [1.807, 2.05) is 0 Å².